The zero-order valence-electron chi connectivity index (χ0n) is 12.9. The first-order valence-electron chi connectivity index (χ1n) is 6.95. The molecular weight excluding hydrogens is 264 g/mol. The molecule has 3 N–H and O–H groups in total. The highest BCUT2D eigenvalue weighted by Gasteiger charge is 2.12. The third-order valence-electron chi connectivity index (χ3n) is 3.55. The number of rotatable bonds is 4. The van der Waals surface area contributed by atoms with Crippen LogP contribution in [0.2, 0.25) is 0 Å². The van der Waals surface area contributed by atoms with Crippen LogP contribution in [0.15, 0.2) is 36.4 Å². The van der Waals surface area contributed by atoms with Gasteiger partial charge in [-0.2, -0.15) is 0 Å². The summed E-state index contributed by atoms with van der Waals surface area (Å²) in [7, 11) is 4.03. The van der Waals surface area contributed by atoms with Crippen molar-refractivity contribution in [3.8, 4) is 11.5 Å². The Hall–Kier alpha value is -2.36. The zero-order chi connectivity index (χ0) is 15.6. The van der Waals surface area contributed by atoms with E-state index in [1.54, 1.807) is 12.1 Å². The van der Waals surface area contributed by atoms with E-state index in [1.807, 2.05) is 27.1 Å². The van der Waals surface area contributed by atoms with Gasteiger partial charge in [-0.1, -0.05) is 6.07 Å². The lowest BCUT2D eigenvalue weighted by Crippen LogP contribution is -2.12. The van der Waals surface area contributed by atoms with Gasteiger partial charge in [-0.05, 0) is 43.7 Å². The van der Waals surface area contributed by atoms with Gasteiger partial charge in [0, 0.05) is 37.1 Å². The van der Waals surface area contributed by atoms with Crippen molar-refractivity contribution in [3.63, 3.8) is 0 Å². The Morgan fingerprint density at radius 2 is 1.76 bits per heavy atom. The summed E-state index contributed by atoms with van der Waals surface area (Å²) < 4.78 is 0. The molecule has 4 nitrogen and oxygen atoms in total. The summed E-state index contributed by atoms with van der Waals surface area (Å²) in [5, 5.41) is 22.6. The maximum atomic E-state index is 9.92. The summed E-state index contributed by atoms with van der Waals surface area (Å²) in [5.74, 6) is 0.156. The minimum Gasteiger partial charge on any atom is -0.508 e. The van der Waals surface area contributed by atoms with Crippen molar-refractivity contribution in [2.24, 2.45) is 0 Å². The first kappa shape index (κ1) is 15.0. The van der Waals surface area contributed by atoms with E-state index >= 15 is 0 Å². The van der Waals surface area contributed by atoms with Crippen molar-refractivity contribution in [1.82, 2.24) is 0 Å². The number of phenolic OH excluding ortho intramolecular Hbond substituents is 2. The predicted octanol–water partition coefficient (Wildman–Crippen LogP) is 3.65. The summed E-state index contributed by atoms with van der Waals surface area (Å²) in [6, 6.07) is 10.8. The van der Waals surface area contributed by atoms with Crippen LogP contribution in [0.1, 0.15) is 24.1 Å². The van der Waals surface area contributed by atoms with Crippen LogP contribution in [0.4, 0.5) is 11.4 Å². The molecule has 0 aliphatic heterocycles. The van der Waals surface area contributed by atoms with Crippen molar-refractivity contribution >= 4 is 11.4 Å². The lowest BCUT2D eigenvalue weighted by molar-refractivity contribution is 0.444. The van der Waals surface area contributed by atoms with Gasteiger partial charge in [0.1, 0.15) is 11.5 Å². The van der Waals surface area contributed by atoms with E-state index in [9.17, 15) is 10.2 Å². The highest BCUT2D eigenvalue weighted by molar-refractivity contribution is 5.62. The van der Waals surface area contributed by atoms with Gasteiger partial charge < -0.3 is 20.4 Å². The summed E-state index contributed by atoms with van der Waals surface area (Å²) in [4.78, 5) is 2.07. The second-order valence-corrected chi connectivity index (χ2v) is 5.50. The maximum Gasteiger partial charge on any atom is 0.124 e. The van der Waals surface area contributed by atoms with E-state index in [0.717, 1.165) is 16.9 Å². The second kappa shape index (κ2) is 5.95. The zero-order valence-corrected chi connectivity index (χ0v) is 12.9. The Bertz CT molecular complexity index is 639. The average molecular weight is 286 g/mol. The number of benzene rings is 2. The number of aryl methyl sites for hydroxylation is 1. The molecule has 0 aromatic heterocycles. The molecule has 1 atom stereocenters. The van der Waals surface area contributed by atoms with Crippen LogP contribution < -0.4 is 10.2 Å². The fourth-order valence-corrected chi connectivity index (χ4v) is 2.41. The fraction of sp³-hybridized carbons (Fsp3) is 0.294. The van der Waals surface area contributed by atoms with Crippen molar-refractivity contribution in [2.45, 2.75) is 19.9 Å². The summed E-state index contributed by atoms with van der Waals surface area (Å²) >= 11 is 0. The van der Waals surface area contributed by atoms with Gasteiger partial charge in [0.15, 0.2) is 0 Å². The van der Waals surface area contributed by atoms with Gasteiger partial charge >= 0.3 is 0 Å². The standard InChI is InChI=1S/C17H22N2O2/c1-11-5-6-13(9-16(11)19(3)4)18-12(2)15-8-7-14(20)10-17(15)21/h5-10,12,18,20-21H,1-4H3. The Morgan fingerprint density at radius 1 is 1.05 bits per heavy atom. The van der Waals surface area contributed by atoms with E-state index in [2.05, 4.69) is 29.3 Å². The molecule has 21 heavy (non-hydrogen) atoms. The normalized spacial score (nSPS) is 12.0. The molecule has 112 valence electrons. The minimum atomic E-state index is -0.0664. The maximum absolute atomic E-state index is 9.92. The number of hydrogen-bond acceptors (Lipinski definition) is 4. The van der Waals surface area contributed by atoms with E-state index in [-0.39, 0.29) is 17.5 Å². The lowest BCUT2D eigenvalue weighted by atomic mass is 10.1. The van der Waals surface area contributed by atoms with E-state index in [4.69, 9.17) is 0 Å². The first-order valence-corrected chi connectivity index (χ1v) is 6.95. The molecule has 0 aliphatic rings. The topological polar surface area (TPSA) is 55.7 Å². The third kappa shape index (κ3) is 3.40. The quantitative estimate of drug-likeness (QED) is 0.803. The number of aromatic hydroxyl groups is 2. The van der Waals surface area contributed by atoms with Crippen molar-refractivity contribution < 1.29 is 10.2 Å². The molecule has 2 aromatic rings. The molecule has 0 aliphatic carbocycles. The predicted molar refractivity (Wildman–Crippen MR) is 87.3 cm³/mol. The van der Waals surface area contributed by atoms with Gasteiger partial charge in [0.25, 0.3) is 0 Å². The largest absolute Gasteiger partial charge is 0.508 e. The van der Waals surface area contributed by atoms with Crippen LogP contribution in [0.5, 0.6) is 11.5 Å². The van der Waals surface area contributed by atoms with Crippen molar-refractivity contribution in [2.75, 3.05) is 24.3 Å². The van der Waals surface area contributed by atoms with Crippen LogP contribution in [0, 0.1) is 6.92 Å². The molecule has 4 heteroatoms. The first-order chi connectivity index (χ1) is 9.88. The fourth-order valence-electron chi connectivity index (χ4n) is 2.41. The molecule has 0 saturated heterocycles. The van der Waals surface area contributed by atoms with E-state index in [0.29, 0.717) is 0 Å². The summed E-state index contributed by atoms with van der Waals surface area (Å²) in [5.41, 5.74) is 4.11. The highest BCUT2D eigenvalue weighted by atomic mass is 16.3. The monoisotopic (exact) mass is 286 g/mol. The van der Waals surface area contributed by atoms with Gasteiger partial charge in [0.2, 0.25) is 0 Å². The van der Waals surface area contributed by atoms with Gasteiger partial charge in [-0.3, -0.25) is 0 Å². The third-order valence-corrected chi connectivity index (χ3v) is 3.55. The number of phenols is 2. The van der Waals surface area contributed by atoms with Crippen LogP contribution in [0.3, 0.4) is 0 Å². The van der Waals surface area contributed by atoms with Crippen LogP contribution in [-0.4, -0.2) is 24.3 Å². The van der Waals surface area contributed by atoms with Crippen LogP contribution in [0.25, 0.3) is 0 Å². The molecule has 0 bridgehead atoms. The molecule has 0 fully saturated rings. The number of anilines is 2. The molecule has 0 saturated carbocycles. The van der Waals surface area contributed by atoms with Gasteiger partial charge in [-0.25, -0.2) is 0 Å². The van der Waals surface area contributed by atoms with E-state index < -0.39 is 0 Å². The molecule has 0 amide bonds. The lowest BCUT2D eigenvalue weighted by Gasteiger charge is -2.20. The molecule has 0 heterocycles. The molecule has 0 spiro atoms. The Morgan fingerprint density at radius 3 is 2.38 bits per heavy atom. The molecule has 1 unspecified atom stereocenters. The Kier molecular flexibility index (Phi) is 4.26. The number of hydrogen-bond donors (Lipinski definition) is 3. The molecular formula is C17H22N2O2. The van der Waals surface area contributed by atoms with Crippen molar-refractivity contribution in [3.05, 3.63) is 47.5 Å². The highest BCUT2D eigenvalue weighted by Crippen LogP contribution is 2.31. The second-order valence-electron chi connectivity index (χ2n) is 5.50. The average Bonchev–Trinajstić information content (AvgIpc) is 2.40. The summed E-state index contributed by atoms with van der Waals surface area (Å²) in [6.45, 7) is 4.05. The Labute approximate surface area is 125 Å². The van der Waals surface area contributed by atoms with Crippen molar-refractivity contribution in [1.29, 1.82) is 0 Å². The number of nitrogens with zero attached hydrogens (tertiary/aromatic N) is 1. The Balaban J connectivity index is 2.23. The molecule has 2 aromatic carbocycles. The van der Waals surface area contributed by atoms with Crippen LogP contribution >= 0.6 is 0 Å². The minimum absolute atomic E-state index is 0.0636. The van der Waals surface area contributed by atoms with E-state index in [1.165, 1.54) is 11.6 Å². The molecule has 2 rings (SSSR count). The number of nitrogens with one attached hydrogen (secondary N) is 1. The SMILES string of the molecule is Cc1ccc(NC(C)c2ccc(O)cc2O)cc1N(C)C. The van der Waals surface area contributed by atoms with Crippen LogP contribution in [-0.2, 0) is 0 Å². The molecule has 0 radical (unpaired) electrons. The van der Waals surface area contributed by atoms with Gasteiger partial charge in [-0.15, -0.1) is 0 Å². The van der Waals surface area contributed by atoms with Gasteiger partial charge in [0.05, 0.1) is 6.04 Å². The summed E-state index contributed by atoms with van der Waals surface area (Å²) in [6.07, 6.45) is 0. The smallest absolute Gasteiger partial charge is 0.124 e.